The Morgan fingerprint density at radius 3 is 2.73 bits per heavy atom. The summed E-state index contributed by atoms with van der Waals surface area (Å²) in [6.07, 6.45) is 2.35. The zero-order valence-electron chi connectivity index (χ0n) is 6.58. The van der Waals surface area contributed by atoms with Crippen molar-refractivity contribution in [2.45, 2.75) is 19.8 Å². The van der Waals surface area contributed by atoms with Gasteiger partial charge in [0.2, 0.25) is 0 Å². The van der Waals surface area contributed by atoms with Crippen LogP contribution < -0.4 is 5.30 Å². The molecule has 0 saturated carbocycles. The van der Waals surface area contributed by atoms with E-state index >= 15 is 0 Å². The fourth-order valence-electron chi connectivity index (χ4n) is 1.08. The van der Waals surface area contributed by atoms with Crippen molar-refractivity contribution in [1.82, 2.24) is 0 Å². The van der Waals surface area contributed by atoms with Gasteiger partial charge in [-0.2, -0.15) is 0 Å². The van der Waals surface area contributed by atoms with Crippen LogP contribution in [0.2, 0.25) is 0 Å². The predicted molar refractivity (Wildman–Crippen MR) is 54.4 cm³/mol. The Hall–Kier alpha value is -0.260. The second kappa shape index (κ2) is 4.58. The highest BCUT2D eigenvalue weighted by atomic mass is 32.4. The Bertz CT molecular complexity index is 245. The van der Waals surface area contributed by atoms with E-state index in [4.69, 9.17) is 11.8 Å². The largest absolute Gasteiger partial charge is 0.0651 e. The van der Waals surface area contributed by atoms with Gasteiger partial charge in [0, 0.05) is 12.7 Å². The van der Waals surface area contributed by atoms with Crippen LogP contribution in [0.4, 0.5) is 0 Å². The van der Waals surface area contributed by atoms with Gasteiger partial charge in [0.05, 0.1) is 0 Å². The zero-order valence-corrected chi connectivity index (χ0v) is 8.29. The van der Waals surface area contributed by atoms with E-state index in [0.29, 0.717) is 0 Å². The summed E-state index contributed by atoms with van der Waals surface area (Å²) in [5.41, 5.74) is 1.41. The van der Waals surface area contributed by atoms with E-state index in [1.165, 1.54) is 17.3 Å². The highest BCUT2D eigenvalue weighted by molar-refractivity contribution is 7.99. The van der Waals surface area contributed by atoms with Crippen molar-refractivity contribution in [3.8, 4) is 0 Å². The van der Waals surface area contributed by atoms with Gasteiger partial charge in [-0.3, -0.25) is 0 Å². The standard InChI is InChI=1S/C9H11PS/c1-2-5-8-6-3-4-7-9(8)10-11/h3-4,6-7H,2,5H2,1H3. The van der Waals surface area contributed by atoms with E-state index in [9.17, 15) is 0 Å². The third-order valence-corrected chi connectivity index (χ3v) is 2.83. The van der Waals surface area contributed by atoms with Gasteiger partial charge in [-0.15, -0.1) is 0 Å². The van der Waals surface area contributed by atoms with Crippen LogP contribution in [0.3, 0.4) is 0 Å². The fraction of sp³-hybridized carbons (Fsp3) is 0.333. The van der Waals surface area contributed by atoms with E-state index in [0.717, 1.165) is 13.8 Å². The molecule has 0 aliphatic rings. The first-order valence-electron chi connectivity index (χ1n) is 3.79. The Kier molecular flexibility index (Phi) is 3.68. The maximum atomic E-state index is 4.99. The van der Waals surface area contributed by atoms with Crippen LogP contribution in [0.1, 0.15) is 18.9 Å². The zero-order chi connectivity index (χ0) is 8.10. The number of benzene rings is 1. The van der Waals surface area contributed by atoms with Gasteiger partial charge in [-0.25, -0.2) is 0 Å². The van der Waals surface area contributed by atoms with Gasteiger partial charge in [-0.05, 0) is 18.1 Å². The molecule has 0 fully saturated rings. The van der Waals surface area contributed by atoms with Crippen molar-refractivity contribution in [3.05, 3.63) is 29.8 Å². The van der Waals surface area contributed by atoms with Crippen LogP contribution in [-0.4, -0.2) is 0 Å². The minimum absolute atomic E-state index is 0.970. The van der Waals surface area contributed by atoms with E-state index in [1.54, 1.807) is 0 Å². The third-order valence-electron chi connectivity index (χ3n) is 1.61. The topological polar surface area (TPSA) is 0 Å². The summed E-state index contributed by atoms with van der Waals surface area (Å²) in [5, 5.41) is 1.30. The summed E-state index contributed by atoms with van der Waals surface area (Å²) in [6.45, 7) is 2.19. The van der Waals surface area contributed by atoms with Crippen LogP contribution in [-0.2, 0) is 18.2 Å². The second-order valence-corrected chi connectivity index (χ2v) is 3.68. The molecule has 0 radical (unpaired) electrons. The lowest BCUT2D eigenvalue weighted by Gasteiger charge is -2.00. The molecule has 11 heavy (non-hydrogen) atoms. The smallest absolute Gasteiger partial charge is 0.0159 e. The highest BCUT2D eigenvalue weighted by Gasteiger charge is 1.95. The van der Waals surface area contributed by atoms with E-state index in [2.05, 4.69) is 25.1 Å². The number of hydrogen-bond acceptors (Lipinski definition) is 1. The number of hydrogen-bond donors (Lipinski definition) is 0. The molecule has 0 aliphatic heterocycles. The van der Waals surface area contributed by atoms with Gasteiger partial charge in [0.1, 0.15) is 0 Å². The Morgan fingerprint density at radius 1 is 1.36 bits per heavy atom. The molecule has 0 N–H and O–H groups in total. The lowest BCUT2D eigenvalue weighted by atomic mass is 10.1. The summed E-state index contributed by atoms with van der Waals surface area (Å²) in [4.78, 5) is 0. The van der Waals surface area contributed by atoms with Crippen molar-refractivity contribution in [3.63, 3.8) is 0 Å². The monoisotopic (exact) mass is 182 g/mol. The maximum absolute atomic E-state index is 4.99. The third kappa shape index (κ3) is 2.36. The average molecular weight is 182 g/mol. The van der Waals surface area contributed by atoms with Crippen molar-refractivity contribution < 1.29 is 0 Å². The van der Waals surface area contributed by atoms with Gasteiger partial charge < -0.3 is 0 Å². The first kappa shape index (κ1) is 8.83. The van der Waals surface area contributed by atoms with Gasteiger partial charge in [0.15, 0.2) is 0 Å². The normalized spacial score (nSPS) is 10.3. The molecule has 0 bridgehead atoms. The fourth-order valence-corrected chi connectivity index (χ4v) is 2.07. The van der Waals surface area contributed by atoms with Crippen molar-refractivity contribution in [2.24, 2.45) is 0 Å². The minimum Gasteiger partial charge on any atom is -0.0651 e. The molecule has 0 atom stereocenters. The molecule has 2 heteroatoms. The Balaban J connectivity index is 2.92. The summed E-state index contributed by atoms with van der Waals surface area (Å²) in [5.74, 6) is 0. The van der Waals surface area contributed by atoms with Crippen LogP contribution in [0.25, 0.3) is 0 Å². The van der Waals surface area contributed by atoms with Crippen LogP contribution in [0.5, 0.6) is 0 Å². The summed E-state index contributed by atoms with van der Waals surface area (Å²) < 4.78 is 0. The molecule has 58 valence electrons. The quantitative estimate of drug-likeness (QED) is 0.647. The first-order valence-corrected chi connectivity index (χ1v) is 5.70. The van der Waals surface area contributed by atoms with Gasteiger partial charge in [0.25, 0.3) is 0 Å². The summed E-state index contributed by atoms with van der Waals surface area (Å²) in [7, 11) is 0.970. The van der Waals surface area contributed by atoms with Crippen molar-refractivity contribution in [2.75, 3.05) is 0 Å². The highest BCUT2D eigenvalue weighted by Crippen LogP contribution is 2.05. The molecular weight excluding hydrogens is 171 g/mol. The maximum Gasteiger partial charge on any atom is 0.0159 e. The summed E-state index contributed by atoms with van der Waals surface area (Å²) >= 11 is 4.99. The van der Waals surface area contributed by atoms with Crippen molar-refractivity contribution >= 4 is 24.5 Å². The second-order valence-electron chi connectivity index (χ2n) is 2.47. The predicted octanol–water partition coefficient (Wildman–Crippen LogP) is 2.67. The molecule has 0 spiro atoms. The van der Waals surface area contributed by atoms with Gasteiger partial charge >= 0.3 is 0 Å². The lowest BCUT2D eigenvalue weighted by Crippen LogP contribution is -2.00. The van der Waals surface area contributed by atoms with E-state index in [-0.39, 0.29) is 0 Å². The van der Waals surface area contributed by atoms with E-state index < -0.39 is 0 Å². The lowest BCUT2D eigenvalue weighted by molar-refractivity contribution is 0.928. The molecule has 0 heterocycles. The van der Waals surface area contributed by atoms with Crippen LogP contribution >= 0.6 is 7.36 Å². The molecule has 1 rings (SSSR count). The van der Waals surface area contributed by atoms with Crippen molar-refractivity contribution in [1.29, 1.82) is 0 Å². The molecule has 0 amide bonds. The molecule has 1 aromatic rings. The average Bonchev–Trinajstić information content (AvgIpc) is 2.06. The van der Waals surface area contributed by atoms with Gasteiger partial charge in [-0.1, -0.05) is 43.4 Å². The molecular formula is C9H11PS. The Labute approximate surface area is 74.5 Å². The van der Waals surface area contributed by atoms with E-state index in [1.807, 2.05) is 6.07 Å². The molecule has 0 aliphatic carbocycles. The first-order chi connectivity index (χ1) is 5.38. The molecule has 0 saturated heterocycles. The molecule has 0 nitrogen and oxygen atoms in total. The molecule has 0 aromatic heterocycles. The SMILES string of the molecule is CCCc1ccccc1P=S. The molecule has 0 unspecified atom stereocenters. The number of rotatable bonds is 3. The summed E-state index contributed by atoms with van der Waals surface area (Å²) in [6, 6.07) is 8.40. The van der Waals surface area contributed by atoms with Crippen LogP contribution in [0, 0.1) is 0 Å². The molecule has 1 aromatic carbocycles. The van der Waals surface area contributed by atoms with Crippen LogP contribution in [0.15, 0.2) is 24.3 Å². The Morgan fingerprint density at radius 2 is 2.09 bits per heavy atom. The number of aryl methyl sites for hydroxylation is 1. The minimum atomic E-state index is 0.970.